The Bertz CT molecular complexity index is 1060. The number of halogens is 1. The minimum Gasteiger partial charge on any atom is -0.353 e. The Morgan fingerprint density at radius 1 is 0.935 bits per heavy atom. The first-order valence-corrected chi connectivity index (χ1v) is 10.2. The van der Waals surface area contributed by atoms with E-state index < -0.39 is 6.03 Å². The Labute approximate surface area is 180 Å². The number of aryl methyl sites for hydroxylation is 1. The van der Waals surface area contributed by atoms with Crippen LogP contribution >= 0.6 is 0 Å². The molecule has 160 valence electrons. The largest absolute Gasteiger partial charge is 0.353 e. The van der Waals surface area contributed by atoms with Crippen molar-refractivity contribution in [1.82, 2.24) is 15.1 Å². The average molecular weight is 420 g/mol. The van der Waals surface area contributed by atoms with Crippen molar-refractivity contribution in [3.8, 4) is 11.3 Å². The molecule has 8 heteroatoms. The molecule has 1 aromatic heterocycles. The standard InChI is InChI=1S/C23H25FN6O/c1-16-6-7-19(15-20(16)24)26-23(31)25-18-5-3-4-17(14-18)21-8-9-22(28-27-21)30-12-10-29(2)11-13-30/h3-9,14-15H,10-13H2,1-2H3,(H2,25,26,31). The van der Waals surface area contributed by atoms with Gasteiger partial charge in [0.1, 0.15) is 5.82 Å². The van der Waals surface area contributed by atoms with E-state index in [9.17, 15) is 9.18 Å². The molecule has 4 rings (SSSR count). The number of amides is 2. The van der Waals surface area contributed by atoms with E-state index in [2.05, 4.69) is 37.7 Å². The van der Waals surface area contributed by atoms with E-state index in [1.165, 1.54) is 6.07 Å². The van der Waals surface area contributed by atoms with Gasteiger partial charge in [0.15, 0.2) is 5.82 Å². The molecule has 1 aliphatic heterocycles. The van der Waals surface area contributed by atoms with Gasteiger partial charge in [-0.2, -0.15) is 0 Å². The third-order valence-electron chi connectivity index (χ3n) is 5.32. The van der Waals surface area contributed by atoms with Crippen LogP contribution in [-0.2, 0) is 0 Å². The Balaban J connectivity index is 1.41. The molecule has 2 heterocycles. The number of rotatable bonds is 4. The fourth-order valence-electron chi connectivity index (χ4n) is 3.40. The van der Waals surface area contributed by atoms with E-state index in [4.69, 9.17) is 0 Å². The number of hydrogen-bond donors (Lipinski definition) is 2. The van der Waals surface area contributed by atoms with Crippen LogP contribution in [0.4, 0.5) is 26.4 Å². The number of anilines is 3. The van der Waals surface area contributed by atoms with Crippen LogP contribution in [0.5, 0.6) is 0 Å². The summed E-state index contributed by atoms with van der Waals surface area (Å²) in [6, 6.07) is 15.4. The zero-order chi connectivity index (χ0) is 21.8. The van der Waals surface area contributed by atoms with E-state index in [1.807, 2.05) is 30.3 Å². The number of likely N-dealkylation sites (N-methyl/N-ethyl adjacent to an activating group) is 1. The van der Waals surface area contributed by atoms with Crippen molar-refractivity contribution in [1.29, 1.82) is 0 Å². The number of nitrogens with zero attached hydrogens (tertiary/aromatic N) is 4. The number of nitrogens with one attached hydrogen (secondary N) is 2. The molecule has 0 unspecified atom stereocenters. The van der Waals surface area contributed by atoms with Gasteiger partial charge in [0.25, 0.3) is 0 Å². The zero-order valence-electron chi connectivity index (χ0n) is 17.6. The van der Waals surface area contributed by atoms with Crippen LogP contribution in [0.25, 0.3) is 11.3 Å². The highest BCUT2D eigenvalue weighted by atomic mass is 19.1. The van der Waals surface area contributed by atoms with Crippen LogP contribution in [0, 0.1) is 12.7 Å². The molecule has 1 saturated heterocycles. The highest BCUT2D eigenvalue weighted by Crippen LogP contribution is 2.23. The molecule has 3 aromatic rings. The van der Waals surface area contributed by atoms with Crippen LogP contribution in [0.2, 0.25) is 0 Å². The molecule has 0 saturated carbocycles. The monoisotopic (exact) mass is 420 g/mol. The summed E-state index contributed by atoms with van der Waals surface area (Å²) in [6.07, 6.45) is 0. The van der Waals surface area contributed by atoms with Gasteiger partial charge in [-0.15, -0.1) is 10.2 Å². The van der Waals surface area contributed by atoms with E-state index in [1.54, 1.807) is 25.1 Å². The number of carbonyl (C=O) groups is 1. The second-order valence-electron chi connectivity index (χ2n) is 7.69. The molecule has 2 amide bonds. The number of hydrogen-bond acceptors (Lipinski definition) is 5. The van der Waals surface area contributed by atoms with E-state index >= 15 is 0 Å². The smallest absolute Gasteiger partial charge is 0.323 e. The van der Waals surface area contributed by atoms with Crippen molar-refractivity contribution in [3.05, 3.63) is 66.0 Å². The number of urea groups is 1. The van der Waals surface area contributed by atoms with Gasteiger partial charge in [-0.25, -0.2) is 9.18 Å². The number of benzene rings is 2. The first kappa shape index (κ1) is 20.7. The lowest BCUT2D eigenvalue weighted by atomic mass is 10.1. The zero-order valence-corrected chi connectivity index (χ0v) is 17.6. The van der Waals surface area contributed by atoms with Crippen LogP contribution in [0.3, 0.4) is 0 Å². The number of carbonyl (C=O) groups excluding carboxylic acids is 1. The third-order valence-corrected chi connectivity index (χ3v) is 5.32. The molecule has 0 spiro atoms. The van der Waals surface area contributed by atoms with Crippen molar-refractivity contribution >= 4 is 23.2 Å². The van der Waals surface area contributed by atoms with Crippen LogP contribution in [-0.4, -0.2) is 54.4 Å². The molecule has 0 radical (unpaired) electrons. The molecule has 7 nitrogen and oxygen atoms in total. The van der Waals surface area contributed by atoms with E-state index in [0.29, 0.717) is 16.9 Å². The van der Waals surface area contributed by atoms with Gasteiger partial charge in [0, 0.05) is 43.1 Å². The fraction of sp³-hybridized carbons (Fsp3) is 0.261. The number of piperazine rings is 1. The summed E-state index contributed by atoms with van der Waals surface area (Å²) in [5.74, 6) is 0.509. The summed E-state index contributed by atoms with van der Waals surface area (Å²) in [7, 11) is 2.12. The molecule has 2 aromatic carbocycles. The van der Waals surface area contributed by atoms with Crippen molar-refractivity contribution in [2.45, 2.75) is 6.92 Å². The van der Waals surface area contributed by atoms with Crippen molar-refractivity contribution < 1.29 is 9.18 Å². The summed E-state index contributed by atoms with van der Waals surface area (Å²) in [5, 5.41) is 14.2. The molecular formula is C23H25FN6O. The van der Waals surface area contributed by atoms with E-state index in [0.717, 1.165) is 43.3 Å². The highest BCUT2D eigenvalue weighted by Gasteiger charge is 2.16. The van der Waals surface area contributed by atoms with Gasteiger partial charge >= 0.3 is 6.03 Å². The average Bonchev–Trinajstić information content (AvgIpc) is 2.77. The predicted octanol–water partition coefficient (Wildman–Crippen LogP) is 3.99. The molecule has 0 aliphatic carbocycles. The molecular weight excluding hydrogens is 395 g/mol. The van der Waals surface area contributed by atoms with Crippen molar-refractivity contribution in [3.63, 3.8) is 0 Å². The molecule has 0 atom stereocenters. The Morgan fingerprint density at radius 2 is 1.68 bits per heavy atom. The summed E-state index contributed by atoms with van der Waals surface area (Å²) < 4.78 is 13.7. The maximum atomic E-state index is 13.7. The normalized spacial score (nSPS) is 14.4. The van der Waals surface area contributed by atoms with Gasteiger partial charge < -0.3 is 20.4 Å². The fourth-order valence-corrected chi connectivity index (χ4v) is 3.40. The second kappa shape index (κ2) is 9.09. The molecule has 2 N–H and O–H groups in total. The Morgan fingerprint density at radius 3 is 2.35 bits per heavy atom. The Hall–Kier alpha value is -3.52. The van der Waals surface area contributed by atoms with Crippen molar-refractivity contribution in [2.24, 2.45) is 0 Å². The van der Waals surface area contributed by atoms with Crippen molar-refractivity contribution in [2.75, 3.05) is 48.8 Å². The molecule has 0 bridgehead atoms. The molecule has 1 fully saturated rings. The summed E-state index contributed by atoms with van der Waals surface area (Å²) in [4.78, 5) is 16.8. The van der Waals surface area contributed by atoms with Gasteiger partial charge in [-0.1, -0.05) is 18.2 Å². The third kappa shape index (κ3) is 5.16. The summed E-state index contributed by atoms with van der Waals surface area (Å²) >= 11 is 0. The van der Waals surface area contributed by atoms with Crippen LogP contribution in [0.1, 0.15) is 5.56 Å². The van der Waals surface area contributed by atoms with Gasteiger partial charge in [-0.05, 0) is 55.9 Å². The molecule has 31 heavy (non-hydrogen) atoms. The first-order chi connectivity index (χ1) is 15.0. The van der Waals surface area contributed by atoms with Crippen LogP contribution < -0.4 is 15.5 Å². The second-order valence-corrected chi connectivity index (χ2v) is 7.69. The van der Waals surface area contributed by atoms with E-state index in [-0.39, 0.29) is 5.82 Å². The van der Waals surface area contributed by atoms with Crippen LogP contribution in [0.15, 0.2) is 54.6 Å². The lowest BCUT2D eigenvalue weighted by Crippen LogP contribution is -2.44. The SMILES string of the molecule is Cc1ccc(NC(=O)Nc2cccc(-c3ccc(N4CCN(C)CC4)nn3)c2)cc1F. The predicted molar refractivity (Wildman–Crippen MR) is 121 cm³/mol. The van der Waals surface area contributed by atoms with Gasteiger partial charge in [0.2, 0.25) is 0 Å². The number of aromatic nitrogens is 2. The minimum absolute atomic E-state index is 0.363. The van der Waals surface area contributed by atoms with Gasteiger partial charge in [0.05, 0.1) is 5.69 Å². The van der Waals surface area contributed by atoms with Gasteiger partial charge in [-0.3, -0.25) is 0 Å². The quantitative estimate of drug-likeness (QED) is 0.668. The summed E-state index contributed by atoms with van der Waals surface area (Å²) in [5.41, 5.74) is 3.09. The topological polar surface area (TPSA) is 73.4 Å². The maximum absolute atomic E-state index is 13.7. The maximum Gasteiger partial charge on any atom is 0.323 e. The highest BCUT2D eigenvalue weighted by molar-refractivity contribution is 6.00. The first-order valence-electron chi connectivity index (χ1n) is 10.2. The summed E-state index contributed by atoms with van der Waals surface area (Å²) in [6.45, 7) is 5.56. The lowest BCUT2D eigenvalue weighted by Gasteiger charge is -2.32. The lowest BCUT2D eigenvalue weighted by molar-refractivity contribution is 0.262. The molecule has 1 aliphatic rings. The Kier molecular flexibility index (Phi) is 6.08. The minimum atomic E-state index is -0.447.